The van der Waals surface area contributed by atoms with Crippen LogP contribution in [-0.2, 0) is 5.75 Å². The summed E-state index contributed by atoms with van der Waals surface area (Å²) >= 11 is 1.63. The van der Waals surface area contributed by atoms with Crippen molar-refractivity contribution in [2.75, 3.05) is 0 Å². The Morgan fingerprint density at radius 1 is 0.885 bits per heavy atom. The molecule has 3 heterocycles. The van der Waals surface area contributed by atoms with E-state index in [1.54, 1.807) is 22.5 Å². The van der Waals surface area contributed by atoms with Crippen molar-refractivity contribution in [3.8, 4) is 11.5 Å². The maximum absolute atomic E-state index is 5.44. The zero-order valence-corrected chi connectivity index (χ0v) is 14.6. The fraction of sp³-hybridized carbons (Fsp3) is 0.0500. The van der Waals surface area contributed by atoms with Gasteiger partial charge >= 0.3 is 0 Å². The Labute approximate surface area is 153 Å². The third-order valence-electron chi connectivity index (χ3n) is 4.24. The van der Waals surface area contributed by atoms with E-state index in [-0.39, 0.29) is 0 Å². The molecule has 3 aromatic heterocycles. The topological polar surface area (TPSA) is 56.2 Å². The number of furan rings is 1. The van der Waals surface area contributed by atoms with Crippen molar-refractivity contribution in [2.45, 2.75) is 10.9 Å². The molecule has 0 N–H and O–H groups in total. The van der Waals surface area contributed by atoms with E-state index in [2.05, 4.69) is 57.8 Å². The van der Waals surface area contributed by atoms with Gasteiger partial charge in [-0.2, -0.15) is 9.61 Å². The highest BCUT2D eigenvalue weighted by molar-refractivity contribution is 7.98. The molecule has 6 heteroatoms. The molecule has 0 fully saturated rings. The second-order valence-electron chi connectivity index (χ2n) is 5.88. The van der Waals surface area contributed by atoms with E-state index in [9.17, 15) is 0 Å². The second kappa shape index (κ2) is 6.31. The van der Waals surface area contributed by atoms with Gasteiger partial charge in [0.15, 0.2) is 11.4 Å². The van der Waals surface area contributed by atoms with E-state index >= 15 is 0 Å². The second-order valence-corrected chi connectivity index (χ2v) is 6.82. The van der Waals surface area contributed by atoms with Gasteiger partial charge in [0.25, 0.3) is 0 Å². The van der Waals surface area contributed by atoms with Crippen LogP contribution in [-0.4, -0.2) is 19.8 Å². The lowest BCUT2D eigenvalue weighted by molar-refractivity contribution is 0.577. The van der Waals surface area contributed by atoms with Crippen LogP contribution in [0.1, 0.15) is 5.56 Å². The third-order valence-corrected chi connectivity index (χ3v) is 5.21. The lowest BCUT2D eigenvalue weighted by Gasteiger charge is -2.05. The Balaban J connectivity index is 1.48. The van der Waals surface area contributed by atoms with Crippen LogP contribution in [0, 0.1) is 0 Å². The van der Waals surface area contributed by atoms with E-state index in [0.717, 1.165) is 28.0 Å². The number of fused-ring (bicyclic) bond motifs is 2. The minimum atomic E-state index is 0.723. The molecule has 5 aromatic rings. The molecule has 0 saturated carbocycles. The maximum Gasteiger partial charge on any atom is 0.212 e. The first-order valence-corrected chi connectivity index (χ1v) is 9.23. The molecule has 5 rings (SSSR count). The Kier molecular flexibility index (Phi) is 3.68. The van der Waals surface area contributed by atoms with Gasteiger partial charge in [0, 0.05) is 5.75 Å². The molecule has 126 valence electrons. The molecule has 0 atom stereocenters. The summed E-state index contributed by atoms with van der Waals surface area (Å²) in [7, 11) is 0. The van der Waals surface area contributed by atoms with Gasteiger partial charge < -0.3 is 4.42 Å². The first-order valence-electron chi connectivity index (χ1n) is 8.24. The fourth-order valence-corrected chi connectivity index (χ4v) is 3.87. The van der Waals surface area contributed by atoms with E-state index in [4.69, 9.17) is 4.42 Å². The summed E-state index contributed by atoms with van der Waals surface area (Å²) in [5, 5.41) is 16.4. The van der Waals surface area contributed by atoms with E-state index in [1.165, 1.54) is 16.3 Å². The van der Waals surface area contributed by atoms with Crippen molar-refractivity contribution in [3.05, 3.63) is 78.6 Å². The SMILES string of the molecule is c1coc(-c2ccc3nnc(SCc4cccc5ccccc45)n3n2)c1. The monoisotopic (exact) mass is 358 g/mol. The van der Waals surface area contributed by atoms with Crippen molar-refractivity contribution >= 4 is 28.2 Å². The molecule has 0 amide bonds. The molecular formula is C20H14N4OS. The normalized spacial score (nSPS) is 11.4. The van der Waals surface area contributed by atoms with Gasteiger partial charge in [0.2, 0.25) is 5.16 Å². The number of thioether (sulfide) groups is 1. The average molecular weight is 358 g/mol. The smallest absolute Gasteiger partial charge is 0.212 e. The molecular weight excluding hydrogens is 344 g/mol. The Hall–Kier alpha value is -3.12. The van der Waals surface area contributed by atoms with Gasteiger partial charge in [-0.3, -0.25) is 0 Å². The number of aromatic nitrogens is 4. The quantitative estimate of drug-likeness (QED) is 0.431. The summed E-state index contributed by atoms with van der Waals surface area (Å²) in [6.07, 6.45) is 1.64. The molecule has 0 bridgehead atoms. The summed E-state index contributed by atoms with van der Waals surface area (Å²) < 4.78 is 7.21. The lowest BCUT2D eigenvalue weighted by atomic mass is 10.1. The minimum absolute atomic E-state index is 0.723. The van der Waals surface area contributed by atoms with Crippen molar-refractivity contribution in [3.63, 3.8) is 0 Å². The summed E-state index contributed by atoms with van der Waals surface area (Å²) in [4.78, 5) is 0. The van der Waals surface area contributed by atoms with Crippen LogP contribution < -0.4 is 0 Å². The molecule has 0 radical (unpaired) electrons. The van der Waals surface area contributed by atoms with Crippen molar-refractivity contribution in [1.82, 2.24) is 19.8 Å². The van der Waals surface area contributed by atoms with Gasteiger partial charge in [0.1, 0.15) is 5.69 Å². The van der Waals surface area contributed by atoms with E-state index in [0.29, 0.717) is 0 Å². The third kappa shape index (κ3) is 2.64. The first-order chi connectivity index (χ1) is 12.9. The Morgan fingerprint density at radius 3 is 2.73 bits per heavy atom. The summed E-state index contributed by atoms with van der Waals surface area (Å²) in [6.45, 7) is 0. The molecule has 26 heavy (non-hydrogen) atoms. The van der Waals surface area contributed by atoms with Gasteiger partial charge in [0.05, 0.1) is 6.26 Å². The molecule has 0 aliphatic heterocycles. The molecule has 0 spiro atoms. The van der Waals surface area contributed by atoms with Crippen LogP contribution in [0.3, 0.4) is 0 Å². The highest BCUT2D eigenvalue weighted by atomic mass is 32.2. The van der Waals surface area contributed by atoms with Crippen LogP contribution in [0.2, 0.25) is 0 Å². The minimum Gasteiger partial charge on any atom is -0.463 e. The van der Waals surface area contributed by atoms with Gasteiger partial charge in [-0.15, -0.1) is 10.2 Å². The largest absolute Gasteiger partial charge is 0.463 e. The van der Waals surface area contributed by atoms with Crippen LogP contribution >= 0.6 is 11.8 Å². The molecule has 0 aliphatic rings. The predicted octanol–water partition coefficient (Wildman–Crippen LogP) is 4.83. The number of benzene rings is 2. The zero-order valence-electron chi connectivity index (χ0n) is 13.7. The number of nitrogens with zero attached hydrogens (tertiary/aromatic N) is 4. The highest BCUT2D eigenvalue weighted by Crippen LogP contribution is 2.27. The van der Waals surface area contributed by atoms with Crippen LogP contribution in [0.25, 0.3) is 27.9 Å². The number of rotatable bonds is 4. The lowest BCUT2D eigenvalue weighted by Crippen LogP contribution is -1.96. The number of hydrogen-bond donors (Lipinski definition) is 0. The first kappa shape index (κ1) is 15.2. The average Bonchev–Trinajstić information content (AvgIpc) is 3.36. The van der Waals surface area contributed by atoms with Gasteiger partial charge in [-0.05, 0) is 40.6 Å². The zero-order chi connectivity index (χ0) is 17.3. The van der Waals surface area contributed by atoms with Crippen LogP contribution in [0.15, 0.2) is 82.6 Å². The fourth-order valence-electron chi connectivity index (χ4n) is 2.98. The summed E-state index contributed by atoms with van der Waals surface area (Å²) in [5.41, 5.74) is 2.75. The molecule has 5 nitrogen and oxygen atoms in total. The van der Waals surface area contributed by atoms with Gasteiger partial charge in [-0.25, -0.2) is 0 Å². The van der Waals surface area contributed by atoms with Gasteiger partial charge in [-0.1, -0.05) is 54.2 Å². The number of hydrogen-bond acceptors (Lipinski definition) is 5. The summed E-state index contributed by atoms with van der Waals surface area (Å²) in [6, 6.07) is 22.3. The maximum atomic E-state index is 5.44. The Morgan fingerprint density at radius 2 is 1.81 bits per heavy atom. The van der Waals surface area contributed by atoms with E-state index < -0.39 is 0 Å². The van der Waals surface area contributed by atoms with E-state index in [1.807, 2.05) is 24.3 Å². The molecule has 0 saturated heterocycles. The van der Waals surface area contributed by atoms with Crippen molar-refractivity contribution < 1.29 is 4.42 Å². The Bertz CT molecular complexity index is 1190. The summed E-state index contributed by atoms with van der Waals surface area (Å²) in [5.74, 6) is 1.53. The van der Waals surface area contributed by atoms with Crippen LogP contribution in [0.4, 0.5) is 0 Å². The van der Waals surface area contributed by atoms with Crippen molar-refractivity contribution in [2.24, 2.45) is 0 Å². The predicted molar refractivity (Wildman–Crippen MR) is 102 cm³/mol. The standard InChI is InChI=1S/C20H14N4OS/c1-2-8-16-14(5-1)6-3-7-15(16)13-26-20-22-21-19-11-10-17(23-24(19)20)18-9-4-12-25-18/h1-12H,13H2. The highest BCUT2D eigenvalue weighted by Gasteiger charge is 2.11. The molecule has 0 unspecified atom stereocenters. The molecule has 2 aromatic carbocycles. The van der Waals surface area contributed by atoms with Crippen LogP contribution in [0.5, 0.6) is 0 Å². The van der Waals surface area contributed by atoms with Crippen molar-refractivity contribution in [1.29, 1.82) is 0 Å². The molecule has 0 aliphatic carbocycles.